The molecule has 29 heavy (non-hydrogen) atoms. The summed E-state index contributed by atoms with van der Waals surface area (Å²) in [5, 5.41) is 3.56. The van der Waals surface area contributed by atoms with Gasteiger partial charge in [-0.25, -0.2) is 8.42 Å². The highest BCUT2D eigenvalue weighted by molar-refractivity contribution is 9.10. The van der Waals surface area contributed by atoms with E-state index in [-0.39, 0.29) is 17.2 Å². The van der Waals surface area contributed by atoms with Crippen molar-refractivity contribution < 1.29 is 22.4 Å². The van der Waals surface area contributed by atoms with E-state index in [9.17, 15) is 13.2 Å². The number of morpholine rings is 1. The first-order valence-corrected chi connectivity index (χ1v) is 11.3. The van der Waals surface area contributed by atoms with Crippen LogP contribution in [0.4, 0.5) is 0 Å². The Balaban J connectivity index is 1.54. The number of para-hydroxylation sites is 1. The lowest BCUT2D eigenvalue weighted by Gasteiger charge is -2.27. The van der Waals surface area contributed by atoms with Gasteiger partial charge in [0.05, 0.1) is 22.6 Å². The summed E-state index contributed by atoms with van der Waals surface area (Å²) in [6, 6.07) is 13.9. The van der Waals surface area contributed by atoms with Gasteiger partial charge in [-0.2, -0.15) is 4.31 Å². The van der Waals surface area contributed by atoms with Crippen LogP contribution in [0.1, 0.15) is 16.1 Å². The van der Waals surface area contributed by atoms with Crippen molar-refractivity contribution in [3.8, 4) is 0 Å². The van der Waals surface area contributed by atoms with Gasteiger partial charge < -0.3 is 14.5 Å². The molecular weight excluding hydrogens is 460 g/mol. The van der Waals surface area contributed by atoms with Crippen molar-refractivity contribution in [2.75, 3.05) is 26.3 Å². The third-order valence-electron chi connectivity index (χ3n) is 4.72. The van der Waals surface area contributed by atoms with Gasteiger partial charge in [0.2, 0.25) is 10.0 Å². The maximum Gasteiger partial charge on any atom is 0.287 e. The van der Waals surface area contributed by atoms with Gasteiger partial charge in [-0.3, -0.25) is 4.79 Å². The number of ether oxygens (including phenoxy) is 1. The van der Waals surface area contributed by atoms with Crippen LogP contribution in [0.2, 0.25) is 0 Å². The zero-order chi connectivity index (χ0) is 20.4. The third kappa shape index (κ3) is 4.09. The summed E-state index contributed by atoms with van der Waals surface area (Å²) in [6.07, 6.45) is 0. The largest absolute Gasteiger partial charge is 0.450 e. The lowest BCUT2D eigenvalue weighted by Crippen LogP contribution is -2.41. The predicted molar refractivity (Wildman–Crippen MR) is 111 cm³/mol. The van der Waals surface area contributed by atoms with Crippen LogP contribution in [0, 0.1) is 0 Å². The summed E-state index contributed by atoms with van der Waals surface area (Å²) in [4.78, 5) is 12.8. The van der Waals surface area contributed by atoms with Crippen molar-refractivity contribution in [1.29, 1.82) is 0 Å². The molecular formula is C20H19BrN2O5S. The molecule has 1 saturated heterocycles. The molecule has 3 aromatic rings. The third-order valence-corrected chi connectivity index (χ3v) is 7.34. The highest BCUT2D eigenvalue weighted by Gasteiger charge is 2.28. The van der Waals surface area contributed by atoms with Gasteiger partial charge in [0.25, 0.3) is 5.91 Å². The number of nitrogens with one attached hydrogen (secondary N) is 1. The number of amides is 1. The Morgan fingerprint density at radius 2 is 1.86 bits per heavy atom. The van der Waals surface area contributed by atoms with E-state index in [4.69, 9.17) is 9.15 Å². The zero-order valence-corrected chi connectivity index (χ0v) is 17.8. The Morgan fingerprint density at radius 1 is 1.10 bits per heavy atom. The quantitative estimate of drug-likeness (QED) is 0.608. The van der Waals surface area contributed by atoms with Crippen LogP contribution in [0.5, 0.6) is 0 Å². The predicted octanol–water partition coefficient (Wildman–Crippen LogP) is 3.15. The Hall–Kier alpha value is -2.20. The van der Waals surface area contributed by atoms with Gasteiger partial charge in [-0.15, -0.1) is 0 Å². The van der Waals surface area contributed by atoms with E-state index in [1.807, 2.05) is 18.2 Å². The monoisotopic (exact) mass is 478 g/mol. The van der Waals surface area contributed by atoms with Gasteiger partial charge in [-0.1, -0.05) is 30.3 Å². The molecule has 0 spiro atoms. The molecule has 0 aliphatic carbocycles. The van der Waals surface area contributed by atoms with Gasteiger partial charge >= 0.3 is 0 Å². The topological polar surface area (TPSA) is 88.9 Å². The lowest BCUT2D eigenvalue weighted by atomic mass is 10.2. The minimum Gasteiger partial charge on any atom is -0.450 e. The van der Waals surface area contributed by atoms with E-state index in [1.165, 1.54) is 4.31 Å². The Kier molecular flexibility index (Phi) is 5.73. The summed E-state index contributed by atoms with van der Waals surface area (Å²) in [5.74, 6) is -0.243. The summed E-state index contributed by atoms with van der Waals surface area (Å²) >= 11 is 3.40. The molecule has 1 amide bonds. The van der Waals surface area contributed by atoms with Crippen molar-refractivity contribution in [1.82, 2.24) is 9.62 Å². The molecule has 0 saturated carbocycles. The summed E-state index contributed by atoms with van der Waals surface area (Å²) in [5.41, 5.74) is 1.11. The van der Waals surface area contributed by atoms with Crippen molar-refractivity contribution in [3.63, 3.8) is 0 Å². The number of nitrogens with zero attached hydrogens (tertiary/aromatic N) is 1. The number of rotatable bonds is 5. The molecule has 4 rings (SSSR count). The highest BCUT2D eigenvalue weighted by Crippen LogP contribution is 2.27. The number of halogens is 1. The number of sulfonamides is 1. The first-order chi connectivity index (χ1) is 14.0. The molecule has 0 bridgehead atoms. The van der Waals surface area contributed by atoms with Crippen LogP contribution in [0.25, 0.3) is 11.0 Å². The minimum absolute atomic E-state index is 0.0663. The second-order valence-corrected chi connectivity index (χ2v) is 9.34. The molecule has 1 aliphatic rings. The smallest absolute Gasteiger partial charge is 0.287 e. The summed E-state index contributed by atoms with van der Waals surface area (Å²) < 4.78 is 39.1. The number of benzene rings is 2. The standard InChI is InChI=1S/C20H19BrN2O5S/c21-16-6-3-5-14-12-17(28-19(14)16)20(24)22-13-15-4-1-2-7-18(15)29(25,26)23-8-10-27-11-9-23/h1-7,12H,8-11,13H2,(H,22,24). The normalized spacial score (nSPS) is 15.5. The van der Waals surface area contributed by atoms with E-state index in [2.05, 4.69) is 21.2 Å². The molecule has 152 valence electrons. The highest BCUT2D eigenvalue weighted by atomic mass is 79.9. The van der Waals surface area contributed by atoms with Crippen LogP contribution in [0.3, 0.4) is 0 Å². The zero-order valence-electron chi connectivity index (χ0n) is 15.4. The number of carbonyl (C=O) groups excluding carboxylic acids is 1. The summed E-state index contributed by atoms with van der Waals surface area (Å²) in [7, 11) is -3.66. The Labute approximate surface area is 176 Å². The van der Waals surface area contributed by atoms with E-state index in [0.717, 1.165) is 9.86 Å². The molecule has 0 unspecified atom stereocenters. The van der Waals surface area contributed by atoms with E-state index in [0.29, 0.717) is 37.4 Å². The molecule has 1 aliphatic heterocycles. The number of furan rings is 1. The van der Waals surface area contributed by atoms with E-state index < -0.39 is 15.9 Å². The van der Waals surface area contributed by atoms with Crippen molar-refractivity contribution in [2.45, 2.75) is 11.4 Å². The van der Waals surface area contributed by atoms with Crippen LogP contribution in [-0.2, 0) is 21.3 Å². The number of carbonyl (C=O) groups is 1. The maximum absolute atomic E-state index is 13.0. The number of hydrogen-bond donors (Lipinski definition) is 1. The van der Waals surface area contributed by atoms with Crippen LogP contribution < -0.4 is 5.32 Å². The van der Waals surface area contributed by atoms with Crippen LogP contribution in [0.15, 0.2) is 62.3 Å². The second kappa shape index (κ2) is 8.27. The van der Waals surface area contributed by atoms with Crippen LogP contribution >= 0.6 is 15.9 Å². The Bertz CT molecular complexity index is 1150. The molecule has 1 N–H and O–H groups in total. The number of hydrogen-bond acceptors (Lipinski definition) is 5. The second-order valence-electron chi connectivity index (χ2n) is 6.58. The SMILES string of the molecule is O=C(NCc1ccccc1S(=O)(=O)N1CCOCC1)c1cc2cccc(Br)c2o1. The molecule has 9 heteroatoms. The van der Waals surface area contributed by atoms with Gasteiger partial charge in [0.1, 0.15) is 5.58 Å². The average molecular weight is 479 g/mol. The molecule has 0 radical (unpaired) electrons. The van der Waals surface area contributed by atoms with E-state index in [1.54, 1.807) is 30.3 Å². The van der Waals surface area contributed by atoms with Gasteiger partial charge in [-0.05, 0) is 39.7 Å². The molecule has 7 nitrogen and oxygen atoms in total. The first kappa shape index (κ1) is 20.1. The fraction of sp³-hybridized carbons (Fsp3) is 0.250. The maximum atomic E-state index is 13.0. The Morgan fingerprint density at radius 3 is 2.62 bits per heavy atom. The van der Waals surface area contributed by atoms with Gasteiger partial charge in [0.15, 0.2) is 5.76 Å². The van der Waals surface area contributed by atoms with Crippen molar-refractivity contribution >= 4 is 42.8 Å². The van der Waals surface area contributed by atoms with Crippen LogP contribution in [-0.4, -0.2) is 44.9 Å². The number of fused-ring (bicyclic) bond motifs is 1. The molecule has 2 heterocycles. The molecule has 1 fully saturated rings. The minimum atomic E-state index is -3.66. The fourth-order valence-electron chi connectivity index (χ4n) is 3.23. The van der Waals surface area contributed by atoms with E-state index >= 15 is 0 Å². The van der Waals surface area contributed by atoms with Crippen molar-refractivity contribution in [3.05, 3.63) is 64.3 Å². The fourth-order valence-corrected chi connectivity index (χ4v) is 5.32. The van der Waals surface area contributed by atoms with Crippen molar-refractivity contribution in [2.24, 2.45) is 0 Å². The lowest BCUT2D eigenvalue weighted by molar-refractivity contribution is 0.0730. The molecule has 0 atom stereocenters. The summed E-state index contributed by atoms with van der Waals surface area (Å²) in [6.45, 7) is 1.45. The molecule has 2 aromatic carbocycles. The molecule has 1 aromatic heterocycles. The first-order valence-electron chi connectivity index (χ1n) is 9.09. The van der Waals surface area contributed by atoms with Gasteiger partial charge in [0, 0.05) is 25.0 Å². The average Bonchev–Trinajstić information content (AvgIpc) is 3.19.